The second kappa shape index (κ2) is 11.7. The summed E-state index contributed by atoms with van der Waals surface area (Å²) < 4.78 is 27.3. The zero-order valence-corrected chi connectivity index (χ0v) is 24.9. The molecule has 2 aromatic rings. The minimum Gasteiger partial charge on any atom is -0.329 e. The van der Waals surface area contributed by atoms with Crippen molar-refractivity contribution < 1.29 is 32.8 Å². The first-order chi connectivity index (χ1) is 18.5. The number of nitrogens with zero attached hydrogens (tertiary/aromatic N) is 3. The van der Waals surface area contributed by atoms with Crippen molar-refractivity contribution in [3.05, 3.63) is 45.3 Å². The van der Waals surface area contributed by atoms with Crippen LogP contribution in [0.15, 0.2) is 18.2 Å². The molecule has 1 aromatic carbocycles. The minimum absolute atomic E-state index is 0.117. The number of halogens is 3. The highest BCUT2D eigenvalue weighted by molar-refractivity contribution is 7.16. The smallest absolute Gasteiger partial charge is 0.324 e. The Balaban J connectivity index is 1.88. The zero-order chi connectivity index (χ0) is 30.2. The average Bonchev–Trinajstić information content (AvgIpc) is 3.30. The van der Waals surface area contributed by atoms with E-state index in [2.05, 4.69) is 10.6 Å². The molecule has 1 aliphatic rings. The van der Waals surface area contributed by atoms with Gasteiger partial charge in [0.05, 0.1) is 18.4 Å². The van der Waals surface area contributed by atoms with Gasteiger partial charge in [0.2, 0.25) is 5.91 Å². The molecule has 0 atom stereocenters. The van der Waals surface area contributed by atoms with E-state index in [9.17, 15) is 28.0 Å². The Kier molecular flexibility index (Phi) is 9.12. The third kappa shape index (κ3) is 6.37. The van der Waals surface area contributed by atoms with Gasteiger partial charge in [-0.2, -0.15) is 0 Å². The Morgan fingerprint density at radius 1 is 1.18 bits per heavy atom. The van der Waals surface area contributed by atoms with Crippen molar-refractivity contribution in [1.29, 1.82) is 0 Å². The predicted molar refractivity (Wildman–Crippen MR) is 149 cm³/mol. The summed E-state index contributed by atoms with van der Waals surface area (Å²) in [6.07, 6.45) is 0. The van der Waals surface area contributed by atoms with Crippen molar-refractivity contribution in [2.45, 2.75) is 45.6 Å². The van der Waals surface area contributed by atoms with E-state index < -0.39 is 45.9 Å². The van der Waals surface area contributed by atoms with Crippen molar-refractivity contribution in [3.8, 4) is 0 Å². The van der Waals surface area contributed by atoms with Gasteiger partial charge in [-0.1, -0.05) is 32.4 Å². The number of urea groups is 1. The van der Waals surface area contributed by atoms with E-state index in [0.29, 0.717) is 0 Å². The van der Waals surface area contributed by atoms with Crippen LogP contribution in [0.3, 0.4) is 0 Å². The number of nitrogens with one attached hydrogen (secondary N) is 2. The highest BCUT2D eigenvalue weighted by Gasteiger charge is 2.45. The van der Waals surface area contributed by atoms with Gasteiger partial charge < -0.3 is 15.1 Å². The van der Waals surface area contributed by atoms with E-state index in [1.54, 1.807) is 19.9 Å². The van der Waals surface area contributed by atoms with E-state index in [-0.39, 0.29) is 41.3 Å². The molecule has 1 aliphatic heterocycles. The lowest BCUT2D eigenvalue weighted by Gasteiger charge is -2.45. The maximum Gasteiger partial charge on any atom is 0.324 e. The number of likely N-dealkylation sites (N-methyl/N-ethyl adjacent to an activating group) is 1. The standard InChI is InChI=1S/C26H32ClF2N5O5S/c1-25(2,3)17-12-14(21(40-17)31-24(38)30-16-9-8-15(28)20(29)19(16)27)22(36)34-11-10-33(23(37)26(34,4)5)13-18(35)32(6)39-7/h8-9,12H,10-11,13H2,1-7H3,(H2,30,31,38). The fraction of sp³-hybridized carbons (Fsp3) is 0.462. The molecule has 1 fully saturated rings. The number of anilines is 2. The number of amides is 5. The second-order valence-electron chi connectivity index (χ2n) is 10.7. The third-order valence-electron chi connectivity index (χ3n) is 6.49. The SMILES string of the molecule is CON(C)C(=O)CN1CCN(C(=O)c2cc(C(C)(C)C)sc2NC(=O)Nc2ccc(F)c(F)c2Cl)C(C)(C)C1=O. The lowest BCUT2D eigenvalue weighted by Crippen LogP contribution is -2.65. The van der Waals surface area contributed by atoms with Gasteiger partial charge in [-0.25, -0.2) is 18.6 Å². The van der Waals surface area contributed by atoms with Crippen LogP contribution in [0.5, 0.6) is 0 Å². The quantitative estimate of drug-likeness (QED) is 0.369. The molecule has 1 saturated heterocycles. The number of carbonyl (C=O) groups is 4. The van der Waals surface area contributed by atoms with Gasteiger partial charge in [0.1, 0.15) is 22.1 Å². The van der Waals surface area contributed by atoms with Crippen molar-refractivity contribution >= 4 is 57.4 Å². The second-order valence-corrected chi connectivity index (χ2v) is 12.2. The predicted octanol–water partition coefficient (Wildman–Crippen LogP) is 4.70. The molecule has 0 spiro atoms. The molecular formula is C26H32ClF2N5O5S. The first-order valence-electron chi connectivity index (χ1n) is 12.3. The highest BCUT2D eigenvalue weighted by Crippen LogP contribution is 2.38. The average molecular weight is 600 g/mol. The Hall–Kier alpha value is -3.29. The molecule has 3 rings (SSSR count). The lowest BCUT2D eigenvalue weighted by atomic mass is 9.93. The minimum atomic E-state index is -1.30. The van der Waals surface area contributed by atoms with Crippen LogP contribution < -0.4 is 10.6 Å². The van der Waals surface area contributed by atoms with Crippen LogP contribution in [-0.4, -0.2) is 77.9 Å². The van der Waals surface area contributed by atoms with Gasteiger partial charge in [-0.05, 0) is 37.5 Å². The van der Waals surface area contributed by atoms with E-state index in [4.69, 9.17) is 16.4 Å². The normalized spacial score (nSPS) is 15.2. The first kappa shape index (κ1) is 31.2. The molecule has 2 N–H and O–H groups in total. The number of piperazine rings is 1. The Morgan fingerprint density at radius 3 is 2.42 bits per heavy atom. The Morgan fingerprint density at radius 2 is 1.82 bits per heavy atom. The van der Waals surface area contributed by atoms with Crippen LogP contribution >= 0.6 is 22.9 Å². The summed E-state index contributed by atoms with van der Waals surface area (Å²) in [6.45, 7) is 9.05. The number of benzene rings is 1. The summed E-state index contributed by atoms with van der Waals surface area (Å²) in [5.41, 5.74) is -1.68. The Labute approximate surface area is 240 Å². The molecule has 0 aliphatic carbocycles. The first-order valence-corrected chi connectivity index (χ1v) is 13.5. The Bertz CT molecular complexity index is 1340. The maximum atomic E-state index is 13.9. The van der Waals surface area contributed by atoms with Gasteiger partial charge in [0, 0.05) is 25.0 Å². The largest absolute Gasteiger partial charge is 0.329 e. The van der Waals surface area contributed by atoms with Gasteiger partial charge in [-0.3, -0.25) is 24.5 Å². The van der Waals surface area contributed by atoms with Crippen LogP contribution in [0.2, 0.25) is 5.02 Å². The molecule has 0 saturated carbocycles. The van der Waals surface area contributed by atoms with Crippen LogP contribution in [-0.2, 0) is 19.8 Å². The van der Waals surface area contributed by atoms with Gasteiger partial charge >= 0.3 is 6.03 Å². The highest BCUT2D eigenvalue weighted by atomic mass is 35.5. The molecule has 2 heterocycles. The maximum absolute atomic E-state index is 13.9. The van der Waals surface area contributed by atoms with E-state index in [1.807, 2.05) is 20.8 Å². The molecule has 40 heavy (non-hydrogen) atoms. The molecule has 5 amide bonds. The van der Waals surface area contributed by atoms with E-state index >= 15 is 0 Å². The zero-order valence-electron chi connectivity index (χ0n) is 23.3. The number of hydrogen-bond acceptors (Lipinski definition) is 6. The molecule has 0 unspecified atom stereocenters. The van der Waals surface area contributed by atoms with Crippen molar-refractivity contribution in [3.63, 3.8) is 0 Å². The monoisotopic (exact) mass is 599 g/mol. The van der Waals surface area contributed by atoms with E-state index in [1.165, 1.54) is 35.3 Å². The number of hydrogen-bond donors (Lipinski definition) is 2. The summed E-state index contributed by atoms with van der Waals surface area (Å²) in [5, 5.41) is 5.61. The summed E-state index contributed by atoms with van der Waals surface area (Å²) in [5.74, 6) is -3.80. The van der Waals surface area contributed by atoms with Crippen LogP contribution in [0.25, 0.3) is 0 Å². The molecule has 10 nitrogen and oxygen atoms in total. The topological polar surface area (TPSA) is 111 Å². The lowest BCUT2D eigenvalue weighted by molar-refractivity contribution is -0.173. The molecule has 0 radical (unpaired) electrons. The van der Waals surface area contributed by atoms with Gasteiger partial charge in [0.15, 0.2) is 11.6 Å². The molecule has 14 heteroatoms. The summed E-state index contributed by atoms with van der Waals surface area (Å²) in [7, 11) is 2.78. The molecule has 218 valence electrons. The number of hydroxylamine groups is 2. The van der Waals surface area contributed by atoms with Crippen molar-refractivity contribution in [1.82, 2.24) is 14.9 Å². The van der Waals surface area contributed by atoms with Crippen molar-refractivity contribution in [2.75, 3.05) is 44.4 Å². The summed E-state index contributed by atoms with van der Waals surface area (Å²) in [4.78, 5) is 60.8. The summed E-state index contributed by atoms with van der Waals surface area (Å²) in [6, 6.07) is 2.78. The third-order valence-corrected chi connectivity index (χ3v) is 8.33. The van der Waals surface area contributed by atoms with Crippen LogP contribution in [0, 0.1) is 11.6 Å². The molecule has 1 aromatic heterocycles. The number of carbonyl (C=O) groups excluding carboxylic acids is 4. The number of rotatable bonds is 6. The van der Waals surface area contributed by atoms with Crippen LogP contribution in [0.1, 0.15) is 49.9 Å². The van der Waals surface area contributed by atoms with Crippen LogP contribution in [0.4, 0.5) is 24.3 Å². The van der Waals surface area contributed by atoms with Crippen molar-refractivity contribution in [2.24, 2.45) is 0 Å². The fourth-order valence-corrected chi connectivity index (χ4v) is 5.32. The molecular weight excluding hydrogens is 568 g/mol. The van der Waals surface area contributed by atoms with Gasteiger partial charge in [-0.15, -0.1) is 11.3 Å². The van der Waals surface area contributed by atoms with Gasteiger partial charge in [0.25, 0.3) is 11.8 Å². The molecule has 0 bridgehead atoms. The number of thiophene rings is 1. The van der Waals surface area contributed by atoms with E-state index in [0.717, 1.165) is 22.1 Å². The fourth-order valence-electron chi connectivity index (χ4n) is 4.01. The summed E-state index contributed by atoms with van der Waals surface area (Å²) >= 11 is 7.00.